The number of rotatable bonds is 5. The Hall–Kier alpha value is -0.660. The minimum absolute atomic E-state index is 0.240. The van der Waals surface area contributed by atoms with Gasteiger partial charge in [-0.25, -0.2) is 10.4 Å². The van der Waals surface area contributed by atoms with E-state index in [1.165, 1.54) is 0 Å². The second-order valence-electron chi connectivity index (χ2n) is 3.66. The highest BCUT2D eigenvalue weighted by Gasteiger charge is 2.35. The summed E-state index contributed by atoms with van der Waals surface area (Å²) in [5.74, 6) is 0.449. The first-order valence-corrected chi connectivity index (χ1v) is 4.86. The average Bonchev–Trinajstić information content (AvgIpc) is 2.12. The van der Waals surface area contributed by atoms with Crippen LogP contribution in [0.4, 0.5) is 0 Å². The molecule has 0 spiro atoms. The Bertz CT molecular complexity index is 194. The second kappa shape index (κ2) is 5.15. The second-order valence-corrected chi connectivity index (χ2v) is 3.66. The monoisotopic (exact) mass is 183 g/mol. The number of aliphatic imine (C=N–C) groups is 1. The molecule has 0 aromatic rings. The standard InChI is InChI=1S/C10H21N3/c1-6-9(3)10(7-2,12-8-11)13(4)5/h9,11H,6-7H2,1-5H3. The maximum absolute atomic E-state index is 6.98. The number of nitrogens with one attached hydrogen (secondary N) is 1. The average molecular weight is 183 g/mol. The first-order chi connectivity index (χ1) is 6.05. The van der Waals surface area contributed by atoms with Crippen LogP contribution in [0.2, 0.25) is 0 Å². The number of hydrogen-bond donors (Lipinski definition) is 1. The third kappa shape index (κ3) is 2.39. The van der Waals surface area contributed by atoms with Crippen molar-refractivity contribution in [3.63, 3.8) is 0 Å². The van der Waals surface area contributed by atoms with Crippen molar-refractivity contribution in [2.45, 2.75) is 39.3 Å². The van der Waals surface area contributed by atoms with Crippen LogP contribution in [-0.2, 0) is 0 Å². The van der Waals surface area contributed by atoms with Gasteiger partial charge in [0.15, 0.2) is 0 Å². The molecule has 0 aliphatic rings. The molecule has 0 heterocycles. The van der Waals surface area contributed by atoms with Crippen LogP contribution < -0.4 is 0 Å². The summed E-state index contributed by atoms with van der Waals surface area (Å²) in [5, 5.41) is 6.98. The van der Waals surface area contributed by atoms with Crippen molar-refractivity contribution in [1.29, 1.82) is 5.41 Å². The molecule has 0 aliphatic heterocycles. The van der Waals surface area contributed by atoms with E-state index in [1.54, 1.807) is 0 Å². The molecular weight excluding hydrogens is 162 g/mol. The molecule has 0 fully saturated rings. The summed E-state index contributed by atoms with van der Waals surface area (Å²) in [5.41, 5.74) is -0.240. The van der Waals surface area contributed by atoms with E-state index in [9.17, 15) is 0 Å². The van der Waals surface area contributed by atoms with Gasteiger partial charge in [-0.1, -0.05) is 20.8 Å². The molecular formula is C10H21N3. The van der Waals surface area contributed by atoms with E-state index in [0.29, 0.717) is 5.92 Å². The van der Waals surface area contributed by atoms with E-state index >= 15 is 0 Å². The lowest BCUT2D eigenvalue weighted by atomic mass is 9.89. The van der Waals surface area contributed by atoms with Gasteiger partial charge in [-0.05, 0) is 32.9 Å². The molecule has 13 heavy (non-hydrogen) atoms. The van der Waals surface area contributed by atoms with Crippen molar-refractivity contribution in [3.8, 4) is 0 Å². The van der Waals surface area contributed by atoms with Gasteiger partial charge >= 0.3 is 0 Å². The molecule has 3 heteroatoms. The highest BCUT2D eigenvalue weighted by molar-refractivity contribution is 5.37. The lowest BCUT2D eigenvalue weighted by molar-refractivity contribution is 0.0884. The number of nitrogens with zero attached hydrogens (tertiary/aromatic N) is 2. The fourth-order valence-corrected chi connectivity index (χ4v) is 1.82. The highest BCUT2D eigenvalue weighted by Crippen LogP contribution is 2.29. The zero-order valence-electron chi connectivity index (χ0n) is 9.39. The maximum atomic E-state index is 6.98. The van der Waals surface area contributed by atoms with Crippen molar-refractivity contribution < 1.29 is 0 Å². The smallest absolute Gasteiger partial charge is 0.125 e. The minimum Gasteiger partial charge on any atom is -0.285 e. The van der Waals surface area contributed by atoms with Crippen molar-refractivity contribution in [2.24, 2.45) is 10.9 Å². The normalized spacial score (nSPS) is 17.7. The zero-order valence-corrected chi connectivity index (χ0v) is 9.39. The summed E-state index contributed by atoms with van der Waals surface area (Å²) in [6.07, 6.45) is 1.98. The zero-order chi connectivity index (χ0) is 10.5. The van der Waals surface area contributed by atoms with Crippen LogP contribution in [0.1, 0.15) is 33.6 Å². The largest absolute Gasteiger partial charge is 0.285 e. The first-order valence-electron chi connectivity index (χ1n) is 4.86. The molecule has 0 radical (unpaired) electrons. The fraction of sp³-hybridized carbons (Fsp3) is 0.900. The quantitative estimate of drug-likeness (QED) is 0.653. The van der Waals surface area contributed by atoms with Crippen molar-refractivity contribution in [3.05, 3.63) is 0 Å². The van der Waals surface area contributed by atoms with Crippen LogP contribution in [0, 0.1) is 11.3 Å². The van der Waals surface area contributed by atoms with Crippen LogP contribution in [0.5, 0.6) is 0 Å². The van der Waals surface area contributed by atoms with E-state index in [-0.39, 0.29) is 5.66 Å². The SMILES string of the molecule is CCC(C)C(CC)(N=C=N)N(C)C. The van der Waals surface area contributed by atoms with Crippen LogP contribution in [-0.4, -0.2) is 30.7 Å². The van der Waals surface area contributed by atoms with Gasteiger partial charge in [0.05, 0.1) is 6.01 Å². The third-order valence-electron chi connectivity index (χ3n) is 2.95. The molecule has 0 saturated carbocycles. The Balaban J connectivity index is 4.96. The van der Waals surface area contributed by atoms with E-state index in [2.05, 4.69) is 36.7 Å². The van der Waals surface area contributed by atoms with Gasteiger partial charge in [0, 0.05) is 0 Å². The molecule has 0 amide bonds. The van der Waals surface area contributed by atoms with Gasteiger partial charge in [-0.15, -0.1) is 0 Å². The maximum Gasteiger partial charge on any atom is 0.125 e. The molecule has 0 aromatic carbocycles. The van der Waals surface area contributed by atoms with Gasteiger partial charge in [-0.3, -0.25) is 4.90 Å². The third-order valence-corrected chi connectivity index (χ3v) is 2.95. The van der Waals surface area contributed by atoms with E-state index in [0.717, 1.165) is 12.8 Å². The topological polar surface area (TPSA) is 39.5 Å². The number of hydrogen-bond acceptors (Lipinski definition) is 3. The summed E-state index contributed by atoms with van der Waals surface area (Å²) in [6, 6.07) is 2.19. The molecule has 76 valence electrons. The molecule has 2 atom stereocenters. The van der Waals surface area contributed by atoms with Gasteiger partial charge in [0.2, 0.25) is 0 Å². The summed E-state index contributed by atoms with van der Waals surface area (Å²) in [7, 11) is 4.02. The Kier molecular flexibility index (Phi) is 4.89. The molecule has 0 rings (SSSR count). The minimum atomic E-state index is -0.240. The van der Waals surface area contributed by atoms with Crippen LogP contribution in [0.25, 0.3) is 0 Å². The van der Waals surface area contributed by atoms with Gasteiger partial charge in [0.25, 0.3) is 0 Å². The molecule has 2 unspecified atom stereocenters. The molecule has 0 aliphatic carbocycles. The molecule has 0 aromatic heterocycles. The fourth-order valence-electron chi connectivity index (χ4n) is 1.82. The van der Waals surface area contributed by atoms with Crippen LogP contribution in [0.3, 0.4) is 0 Å². The van der Waals surface area contributed by atoms with E-state index in [4.69, 9.17) is 5.41 Å². The predicted octanol–water partition coefficient (Wildman–Crippen LogP) is 2.45. The molecule has 1 N–H and O–H groups in total. The van der Waals surface area contributed by atoms with Crippen LogP contribution >= 0.6 is 0 Å². The summed E-state index contributed by atoms with van der Waals surface area (Å²) >= 11 is 0. The van der Waals surface area contributed by atoms with E-state index < -0.39 is 0 Å². The Labute approximate surface area is 81.4 Å². The van der Waals surface area contributed by atoms with Crippen molar-refractivity contribution in [2.75, 3.05) is 14.1 Å². The lowest BCUT2D eigenvalue weighted by Crippen LogP contribution is -2.47. The Morgan fingerprint density at radius 2 is 2.00 bits per heavy atom. The molecule has 3 nitrogen and oxygen atoms in total. The molecule has 0 bridgehead atoms. The highest BCUT2D eigenvalue weighted by atomic mass is 15.3. The Morgan fingerprint density at radius 3 is 2.23 bits per heavy atom. The van der Waals surface area contributed by atoms with Gasteiger partial charge in [-0.2, -0.15) is 0 Å². The van der Waals surface area contributed by atoms with Gasteiger partial charge in [0.1, 0.15) is 5.66 Å². The van der Waals surface area contributed by atoms with Gasteiger partial charge < -0.3 is 0 Å². The molecule has 0 saturated heterocycles. The summed E-state index contributed by atoms with van der Waals surface area (Å²) in [4.78, 5) is 6.27. The van der Waals surface area contributed by atoms with Crippen LogP contribution in [0.15, 0.2) is 4.99 Å². The Morgan fingerprint density at radius 1 is 1.46 bits per heavy atom. The van der Waals surface area contributed by atoms with Crippen molar-refractivity contribution >= 4 is 6.01 Å². The summed E-state index contributed by atoms with van der Waals surface area (Å²) in [6.45, 7) is 6.43. The predicted molar refractivity (Wildman–Crippen MR) is 56.3 cm³/mol. The lowest BCUT2D eigenvalue weighted by Gasteiger charge is -2.39. The van der Waals surface area contributed by atoms with Crippen molar-refractivity contribution in [1.82, 2.24) is 4.90 Å². The van der Waals surface area contributed by atoms with E-state index in [1.807, 2.05) is 14.1 Å². The first kappa shape index (κ1) is 12.3. The summed E-state index contributed by atoms with van der Waals surface area (Å²) < 4.78 is 0.